The Bertz CT molecular complexity index is 1150. The summed E-state index contributed by atoms with van der Waals surface area (Å²) in [4.78, 5) is 13.4. The molecule has 0 saturated heterocycles. The Morgan fingerprint density at radius 1 is 1.10 bits per heavy atom. The van der Waals surface area contributed by atoms with Gasteiger partial charge in [0.25, 0.3) is 5.91 Å². The van der Waals surface area contributed by atoms with E-state index in [1.54, 1.807) is 12.1 Å². The lowest BCUT2D eigenvalue weighted by Crippen LogP contribution is -2.22. The first kappa shape index (κ1) is 19.6. The molecule has 1 N–H and O–H groups in total. The van der Waals surface area contributed by atoms with E-state index in [0.29, 0.717) is 17.3 Å². The van der Waals surface area contributed by atoms with Crippen LogP contribution in [0.25, 0.3) is 10.9 Å². The van der Waals surface area contributed by atoms with Crippen LogP contribution in [0.2, 0.25) is 0 Å². The molecule has 4 rings (SSSR count). The van der Waals surface area contributed by atoms with Crippen molar-refractivity contribution in [1.82, 2.24) is 9.78 Å². The molecule has 7 heteroatoms. The van der Waals surface area contributed by atoms with Crippen LogP contribution in [0, 0.1) is 5.92 Å². The number of carbonyl (C=O) groups excluding carboxylic acids is 1. The standard InChI is InChI=1S/C22H25N3O3S/c1-29(27,28)18-11-7-10-17(14-18)23-22(26)21-19-12-5-6-13-20(19)24-25(21)15-16-8-3-2-4-9-16/h5-7,10-14,16H,2-4,8-9,15H2,1H3,(H,23,26). The van der Waals surface area contributed by atoms with E-state index < -0.39 is 9.84 Å². The maximum atomic E-state index is 13.2. The number of anilines is 1. The van der Waals surface area contributed by atoms with Gasteiger partial charge in [0, 0.05) is 23.9 Å². The Balaban J connectivity index is 1.67. The number of hydrogen-bond donors (Lipinski definition) is 1. The number of fused-ring (bicyclic) bond motifs is 1. The fourth-order valence-electron chi connectivity index (χ4n) is 4.06. The maximum Gasteiger partial charge on any atom is 0.274 e. The Labute approximate surface area is 170 Å². The molecule has 1 amide bonds. The molecule has 152 valence electrons. The summed E-state index contributed by atoms with van der Waals surface area (Å²) in [6.45, 7) is 0.723. The van der Waals surface area contributed by atoms with Crippen molar-refractivity contribution >= 4 is 32.3 Å². The van der Waals surface area contributed by atoms with Gasteiger partial charge in [-0.2, -0.15) is 5.10 Å². The van der Waals surface area contributed by atoms with E-state index in [9.17, 15) is 13.2 Å². The largest absolute Gasteiger partial charge is 0.321 e. The van der Waals surface area contributed by atoms with Crippen LogP contribution in [0.4, 0.5) is 5.69 Å². The molecule has 1 aromatic heterocycles. The molecule has 0 unspecified atom stereocenters. The van der Waals surface area contributed by atoms with E-state index in [4.69, 9.17) is 0 Å². The molecule has 0 bridgehead atoms. The number of carbonyl (C=O) groups is 1. The molecule has 1 aliphatic carbocycles. The monoisotopic (exact) mass is 411 g/mol. The minimum Gasteiger partial charge on any atom is -0.321 e. The fourth-order valence-corrected chi connectivity index (χ4v) is 4.73. The zero-order chi connectivity index (χ0) is 20.4. The number of nitrogens with one attached hydrogen (secondary N) is 1. The van der Waals surface area contributed by atoms with E-state index in [1.165, 1.54) is 31.4 Å². The quantitative estimate of drug-likeness (QED) is 0.680. The van der Waals surface area contributed by atoms with Crippen molar-refractivity contribution in [3.05, 3.63) is 54.2 Å². The minimum atomic E-state index is -3.35. The Morgan fingerprint density at radius 2 is 1.86 bits per heavy atom. The Hall–Kier alpha value is -2.67. The van der Waals surface area contributed by atoms with Crippen molar-refractivity contribution < 1.29 is 13.2 Å². The van der Waals surface area contributed by atoms with E-state index >= 15 is 0 Å². The van der Waals surface area contributed by atoms with Crippen LogP contribution in [0.5, 0.6) is 0 Å². The number of nitrogens with zero attached hydrogens (tertiary/aromatic N) is 2. The molecule has 3 aromatic rings. The lowest BCUT2D eigenvalue weighted by molar-refractivity contribution is 0.101. The first-order chi connectivity index (χ1) is 13.9. The van der Waals surface area contributed by atoms with Gasteiger partial charge in [0.15, 0.2) is 9.84 Å². The van der Waals surface area contributed by atoms with E-state index in [-0.39, 0.29) is 10.8 Å². The van der Waals surface area contributed by atoms with Gasteiger partial charge in [0.05, 0.1) is 10.4 Å². The SMILES string of the molecule is CS(=O)(=O)c1cccc(NC(=O)c2c3ccccc3nn2CC2CCCCC2)c1. The van der Waals surface area contributed by atoms with Crippen LogP contribution >= 0.6 is 0 Å². The lowest BCUT2D eigenvalue weighted by Gasteiger charge is -2.22. The second-order valence-corrected chi connectivity index (χ2v) is 9.82. The second kappa shape index (κ2) is 7.99. The number of amides is 1. The molecule has 0 aliphatic heterocycles. The van der Waals surface area contributed by atoms with Crippen molar-refractivity contribution in [3.8, 4) is 0 Å². The molecule has 1 aliphatic rings. The average Bonchev–Trinajstić information content (AvgIpc) is 3.06. The second-order valence-electron chi connectivity index (χ2n) is 7.81. The van der Waals surface area contributed by atoms with Gasteiger partial charge in [-0.3, -0.25) is 9.48 Å². The molecule has 29 heavy (non-hydrogen) atoms. The topological polar surface area (TPSA) is 81.1 Å². The normalized spacial score (nSPS) is 15.5. The van der Waals surface area contributed by atoms with Crippen molar-refractivity contribution in [2.45, 2.75) is 43.5 Å². The third kappa shape index (κ3) is 4.34. The smallest absolute Gasteiger partial charge is 0.274 e. The van der Waals surface area contributed by atoms with Gasteiger partial charge in [-0.1, -0.05) is 43.5 Å². The predicted octanol–water partition coefficient (Wildman–Crippen LogP) is 4.27. The molecule has 2 aromatic carbocycles. The average molecular weight is 412 g/mol. The highest BCUT2D eigenvalue weighted by Crippen LogP contribution is 2.27. The summed E-state index contributed by atoms with van der Waals surface area (Å²) in [7, 11) is -3.35. The van der Waals surface area contributed by atoms with Gasteiger partial charge >= 0.3 is 0 Å². The Kier molecular flexibility index (Phi) is 5.41. The number of hydrogen-bond acceptors (Lipinski definition) is 4. The highest BCUT2D eigenvalue weighted by Gasteiger charge is 2.22. The van der Waals surface area contributed by atoms with Crippen LogP contribution in [-0.4, -0.2) is 30.4 Å². The van der Waals surface area contributed by atoms with Crippen molar-refractivity contribution in [2.24, 2.45) is 5.92 Å². The summed E-state index contributed by atoms with van der Waals surface area (Å²) in [6.07, 6.45) is 7.21. The van der Waals surface area contributed by atoms with Crippen molar-refractivity contribution in [3.63, 3.8) is 0 Å². The van der Waals surface area contributed by atoms with Crippen LogP contribution < -0.4 is 5.32 Å². The molecule has 0 atom stereocenters. The number of aromatic nitrogens is 2. The van der Waals surface area contributed by atoms with Crippen LogP contribution in [-0.2, 0) is 16.4 Å². The summed E-state index contributed by atoms with van der Waals surface area (Å²) < 4.78 is 25.5. The molecule has 0 spiro atoms. The van der Waals surface area contributed by atoms with Gasteiger partial charge in [0.2, 0.25) is 0 Å². The third-order valence-electron chi connectivity index (χ3n) is 5.54. The van der Waals surface area contributed by atoms with Crippen molar-refractivity contribution in [2.75, 3.05) is 11.6 Å². The van der Waals surface area contributed by atoms with Crippen LogP contribution in [0.3, 0.4) is 0 Å². The molecule has 1 fully saturated rings. The zero-order valence-electron chi connectivity index (χ0n) is 16.5. The zero-order valence-corrected chi connectivity index (χ0v) is 17.3. The third-order valence-corrected chi connectivity index (χ3v) is 6.65. The highest BCUT2D eigenvalue weighted by atomic mass is 32.2. The summed E-state index contributed by atoms with van der Waals surface area (Å²) in [5, 5.41) is 8.35. The van der Waals surface area contributed by atoms with Crippen LogP contribution in [0.1, 0.15) is 42.6 Å². The summed E-state index contributed by atoms with van der Waals surface area (Å²) in [5.74, 6) is 0.248. The summed E-state index contributed by atoms with van der Waals surface area (Å²) >= 11 is 0. The van der Waals surface area contributed by atoms with E-state index in [1.807, 2.05) is 28.9 Å². The number of sulfone groups is 1. The Morgan fingerprint density at radius 3 is 2.62 bits per heavy atom. The number of rotatable bonds is 5. The van der Waals surface area contributed by atoms with Crippen LogP contribution in [0.15, 0.2) is 53.4 Å². The molecule has 1 heterocycles. The molecular formula is C22H25N3O3S. The lowest BCUT2D eigenvalue weighted by atomic mass is 9.89. The maximum absolute atomic E-state index is 13.2. The fraction of sp³-hybridized carbons (Fsp3) is 0.364. The van der Waals surface area contributed by atoms with E-state index in [0.717, 1.165) is 36.5 Å². The molecular weight excluding hydrogens is 386 g/mol. The van der Waals surface area contributed by atoms with Gasteiger partial charge in [0.1, 0.15) is 5.69 Å². The van der Waals surface area contributed by atoms with Gasteiger partial charge in [-0.05, 0) is 43.0 Å². The van der Waals surface area contributed by atoms with Gasteiger partial charge in [-0.15, -0.1) is 0 Å². The minimum absolute atomic E-state index is 0.177. The van der Waals surface area contributed by atoms with E-state index in [2.05, 4.69) is 10.4 Å². The first-order valence-corrected chi connectivity index (χ1v) is 11.9. The van der Waals surface area contributed by atoms with Crippen molar-refractivity contribution in [1.29, 1.82) is 0 Å². The number of benzene rings is 2. The molecule has 0 radical (unpaired) electrons. The highest BCUT2D eigenvalue weighted by molar-refractivity contribution is 7.90. The predicted molar refractivity (Wildman–Crippen MR) is 114 cm³/mol. The first-order valence-electron chi connectivity index (χ1n) is 9.99. The summed E-state index contributed by atoms with van der Waals surface area (Å²) in [6, 6.07) is 14.0. The van der Waals surface area contributed by atoms with Gasteiger partial charge in [-0.25, -0.2) is 8.42 Å². The summed E-state index contributed by atoms with van der Waals surface area (Å²) in [5.41, 5.74) is 1.77. The van der Waals surface area contributed by atoms with Gasteiger partial charge < -0.3 is 5.32 Å². The molecule has 6 nitrogen and oxygen atoms in total. The molecule has 1 saturated carbocycles.